The minimum absolute atomic E-state index is 0.0375. The molecular formula is C95H114N12O10. The van der Waals surface area contributed by atoms with Crippen molar-refractivity contribution in [2.24, 2.45) is 35.5 Å². The molecule has 117 heavy (non-hydrogen) atoms. The average molecular weight is 1580 g/mol. The molecule has 0 spiro atoms. The first kappa shape index (κ1) is 77.6. The second kappa shape index (κ2) is 33.2. The van der Waals surface area contributed by atoms with E-state index < -0.39 is 24.0 Å². The van der Waals surface area contributed by atoms with Crippen LogP contribution in [0.5, 0.6) is 0 Å². The molecule has 6 aliphatic carbocycles. The van der Waals surface area contributed by atoms with Crippen molar-refractivity contribution < 1.29 is 19.4 Å². The summed E-state index contributed by atoms with van der Waals surface area (Å²) in [5.74, 6) is 3.85. The zero-order valence-electron chi connectivity index (χ0n) is 67.8. The lowest BCUT2D eigenvalue weighted by Gasteiger charge is -2.55. The number of carbonyl (C=O) groups excluding carboxylic acids is 1. The fourth-order valence-electron chi connectivity index (χ4n) is 26.0. The van der Waals surface area contributed by atoms with Gasteiger partial charge in [-0.25, -0.2) is 15.0 Å². The van der Waals surface area contributed by atoms with E-state index in [-0.39, 0.29) is 58.2 Å². The van der Waals surface area contributed by atoms with Crippen LogP contribution in [-0.2, 0) is 27.4 Å². The summed E-state index contributed by atoms with van der Waals surface area (Å²) in [6.45, 7) is -0.672. The Labute approximate surface area is 682 Å². The molecule has 12 heterocycles. The zero-order chi connectivity index (χ0) is 79.7. The van der Waals surface area contributed by atoms with E-state index >= 15 is 0 Å². The molecule has 0 radical (unpaired) electrons. The number of hydrogen-bond donors (Lipinski definition) is 2. The number of carboxylic acids is 1. The number of nitrogens with one attached hydrogen (secondary N) is 1. The van der Waals surface area contributed by atoms with Crippen LogP contribution in [0.25, 0.3) is 66.9 Å². The number of carboxylic acid groups (broad SMARTS) is 1. The number of para-hydroxylation sites is 6. The Balaban J connectivity index is 0.000000117. The maximum absolute atomic E-state index is 14.3. The van der Waals surface area contributed by atoms with Crippen molar-refractivity contribution in [1.82, 2.24) is 57.5 Å². The summed E-state index contributed by atoms with van der Waals surface area (Å²) in [5.41, 5.74) is 6.42. The van der Waals surface area contributed by atoms with Gasteiger partial charge in [0.15, 0.2) is 0 Å². The molecule has 2 N–H and O–H groups in total. The number of piperidine rings is 6. The number of nitrogens with zero attached hydrogens (tertiary/aromatic N) is 11. The summed E-state index contributed by atoms with van der Waals surface area (Å²) >= 11 is 0. The molecule has 6 unspecified atom stereocenters. The average Bonchev–Trinajstić information content (AvgIpc) is 0.751. The van der Waals surface area contributed by atoms with Gasteiger partial charge in [-0.2, -0.15) is 0 Å². The van der Waals surface area contributed by atoms with Crippen LogP contribution in [0.1, 0.15) is 230 Å². The molecule has 9 aromatic rings. The second-order valence-electron chi connectivity index (χ2n) is 37.6. The summed E-state index contributed by atoms with van der Waals surface area (Å²) in [5, 5.41) is 9.26. The normalized spacial score (nSPS) is 30.8. The van der Waals surface area contributed by atoms with Crippen LogP contribution < -0.4 is 33.4 Å². The number of methoxy groups -OCH3 is 1. The summed E-state index contributed by atoms with van der Waals surface area (Å²) in [4.78, 5) is 128. The molecule has 18 atom stereocenters. The molecule has 22 nitrogen and oxygen atoms in total. The summed E-state index contributed by atoms with van der Waals surface area (Å²) in [6, 6.07) is 38.5. The van der Waals surface area contributed by atoms with Crippen molar-refractivity contribution >= 4 is 45.0 Å². The monoisotopic (exact) mass is 1580 g/mol. The van der Waals surface area contributed by atoms with Crippen LogP contribution >= 0.6 is 0 Å². The van der Waals surface area contributed by atoms with E-state index in [1.165, 1.54) is 209 Å². The van der Waals surface area contributed by atoms with E-state index in [0.717, 1.165) is 118 Å². The van der Waals surface area contributed by atoms with Crippen LogP contribution in [0.3, 0.4) is 0 Å². The van der Waals surface area contributed by atoms with Crippen molar-refractivity contribution in [3.63, 3.8) is 0 Å². The lowest BCUT2D eigenvalue weighted by atomic mass is 9.68. The van der Waals surface area contributed by atoms with Crippen LogP contribution in [0.15, 0.2) is 157 Å². The van der Waals surface area contributed by atoms with Gasteiger partial charge in [-0.05, 0) is 225 Å². The Morgan fingerprint density at radius 2 is 0.667 bits per heavy atom. The summed E-state index contributed by atoms with van der Waals surface area (Å²) in [6.07, 6.45) is 47.1. The second-order valence-corrected chi connectivity index (χ2v) is 37.6. The van der Waals surface area contributed by atoms with Crippen molar-refractivity contribution in [2.45, 2.75) is 297 Å². The molecule has 614 valence electrons. The third-order valence-electron chi connectivity index (χ3n) is 30.5. The van der Waals surface area contributed by atoms with E-state index in [0.29, 0.717) is 76.4 Å². The highest BCUT2D eigenvalue weighted by molar-refractivity contribution is 5.80. The van der Waals surface area contributed by atoms with E-state index in [1.807, 2.05) is 81.9 Å². The van der Waals surface area contributed by atoms with Crippen LogP contribution in [0, 0.1) is 35.5 Å². The highest BCUT2D eigenvalue weighted by Crippen LogP contribution is 2.52. The van der Waals surface area contributed by atoms with Gasteiger partial charge in [0.05, 0.1) is 40.2 Å². The number of benzene rings is 3. The molecule has 21 rings (SSSR count). The minimum atomic E-state index is -1.11. The number of aromatic nitrogens is 9. The van der Waals surface area contributed by atoms with E-state index in [1.54, 1.807) is 30.6 Å². The molecule has 12 aliphatic rings. The molecular weight excluding hydrogens is 1470 g/mol. The Morgan fingerprint density at radius 3 is 0.983 bits per heavy atom. The number of ether oxygens (including phenoxy) is 1. The van der Waals surface area contributed by atoms with Gasteiger partial charge >= 0.3 is 11.9 Å². The van der Waals surface area contributed by atoms with Gasteiger partial charge in [-0.3, -0.25) is 53.1 Å². The van der Waals surface area contributed by atoms with Gasteiger partial charge in [-0.15, -0.1) is 0 Å². The standard InChI is InChI=1S/C33H40N4O4.C32H38N4O4.C30H36N4O2/c1-41-31(39)20-35-19-23(12-13-30(35)38)32-33(40)37(29-11-3-2-10-28(29)34-32)27-17-24-8-5-9-25(18-27)36(24)26-15-21-6-4-7-22(14-21)16-26;37-29-12-11-22(18-34(29)19-30(38)39)31-32(40)36(28-10-2-1-9-27(28)33-31)26-16-23-7-4-8-24(17-26)35(23)25-14-20-5-3-6-21(13-20)15-25;35-28-12-11-21(18-31-28)29-30(36)34(27-10-2-1-9-26(27)32-29)25-16-22-7-4-8-23(17-25)33(22)24-14-19-5-3-6-20(13-19)15-24/h2-3,10-13,19,21-22,24-27H,4-9,14-18,20H2,1H3;1-2,9-12,18,20-21,23-26H,3-8,13-17,19H2,(H,38,39);1-2,9-12,18-20,22-25H,3-8,13-17H2,(H,31,35)/t21-,22+,24-,25+,26?,27?;20-,21+,23-,24+,25?,26?;19-,20+,22-,23+,24?,25?. The molecule has 6 aromatic heterocycles. The van der Waals surface area contributed by atoms with Gasteiger partial charge in [0, 0.05) is 126 Å². The third kappa shape index (κ3) is 15.6. The maximum atomic E-state index is 14.3. The van der Waals surface area contributed by atoms with Crippen molar-refractivity contribution in [3.8, 4) is 33.8 Å². The van der Waals surface area contributed by atoms with Crippen LogP contribution in [0.4, 0.5) is 0 Å². The molecule has 6 aliphatic heterocycles. The largest absolute Gasteiger partial charge is 0.480 e. The summed E-state index contributed by atoms with van der Waals surface area (Å²) in [7, 11) is 1.29. The molecule has 0 amide bonds. The SMILES string of the molecule is COC(=O)Cn1cc(-c2nc3ccccc3n(C3C[C@H]4CCC[C@@H](C3)N4C3C[C@H]4CCC[C@@H](C3)C4)c2=O)ccc1=O.O=C(O)Cn1cc(-c2nc3ccccc3n(C3C[C@H]4CCC[C@@H](C3)N4C3C[C@H]4CCC[C@@H](C3)C4)c2=O)ccc1=O.O=c1ccc(-c2nc3ccccc3n(C3C[C@H]4CCC[C@@H](C3)N4C3C[C@H]4CCC[C@@H](C3)C4)c2=O)c[nH]1. The Kier molecular flexibility index (Phi) is 22.0. The molecule has 6 saturated heterocycles. The topological polar surface area (TPSA) is 255 Å². The quantitative estimate of drug-likeness (QED) is 0.102. The maximum Gasteiger partial charge on any atom is 0.325 e. The molecule has 3 aromatic carbocycles. The number of aliphatic carboxylic acids is 1. The molecule has 12 bridgehead atoms. The number of fused-ring (bicyclic) bond motifs is 15. The number of pyridine rings is 3. The highest BCUT2D eigenvalue weighted by Gasteiger charge is 2.50. The Morgan fingerprint density at radius 1 is 0.359 bits per heavy atom. The lowest BCUT2D eigenvalue weighted by molar-refractivity contribution is -0.141. The first-order valence-electron chi connectivity index (χ1n) is 44.8. The van der Waals surface area contributed by atoms with Gasteiger partial charge in [0.2, 0.25) is 5.56 Å². The number of esters is 1. The fourth-order valence-corrected chi connectivity index (χ4v) is 26.0. The molecule has 22 heteroatoms. The third-order valence-corrected chi connectivity index (χ3v) is 30.5. The summed E-state index contributed by atoms with van der Waals surface area (Å²) < 4.78 is 13.2. The number of hydrogen-bond acceptors (Lipinski definition) is 15. The molecule has 12 fully saturated rings. The van der Waals surface area contributed by atoms with Gasteiger partial charge in [0.25, 0.3) is 27.8 Å². The number of H-pyrrole nitrogens is 1. The van der Waals surface area contributed by atoms with Crippen LogP contribution in [0.2, 0.25) is 0 Å². The van der Waals surface area contributed by atoms with E-state index in [2.05, 4.69) is 24.3 Å². The highest BCUT2D eigenvalue weighted by atomic mass is 16.5. The Hall–Kier alpha value is -9.25. The van der Waals surface area contributed by atoms with Gasteiger partial charge < -0.3 is 37.7 Å². The van der Waals surface area contributed by atoms with Crippen molar-refractivity contribution in [2.75, 3.05) is 7.11 Å². The van der Waals surface area contributed by atoms with Crippen molar-refractivity contribution in [1.29, 1.82) is 0 Å². The first-order valence-corrected chi connectivity index (χ1v) is 44.8. The smallest absolute Gasteiger partial charge is 0.325 e. The number of carbonyl (C=O) groups is 2. The number of aromatic amines is 1. The minimum Gasteiger partial charge on any atom is -0.480 e. The zero-order valence-corrected chi connectivity index (χ0v) is 67.8. The number of rotatable bonds is 13. The lowest BCUT2D eigenvalue weighted by Crippen LogP contribution is -2.58. The Bertz CT molecular complexity index is 5510. The predicted octanol–water partition coefficient (Wildman–Crippen LogP) is 15.0. The van der Waals surface area contributed by atoms with Gasteiger partial charge in [0.1, 0.15) is 30.2 Å². The molecule has 6 saturated carbocycles. The van der Waals surface area contributed by atoms with E-state index in [4.69, 9.17) is 19.7 Å². The predicted molar refractivity (Wildman–Crippen MR) is 453 cm³/mol. The van der Waals surface area contributed by atoms with Crippen LogP contribution in [-0.4, -0.2) is 136 Å². The van der Waals surface area contributed by atoms with Gasteiger partial charge in [-0.1, -0.05) is 113 Å². The van der Waals surface area contributed by atoms with E-state index in [9.17, 15) is 43.5 Å². The first-order chi connectivity index (χ1) is 57.1. The fraction of sp³-hybridized carbons (Fsp3) is 0.568. The van der Waals surface area contributed by atoms with Crippen molar-refractivity contribution in [3.05, 3.63) is 190 Å².